The molecule has 8 N–H and O–H groups in total. The zero-order chi connectivity index (χ0) is 81.7. The summed E-state index contributed by atoms with van der Waals surface area (Å²) < 4.78 is 12.3. The molecule has 0 saturated carbocycles. The van der Waals surface area contributed by atoms with Crippen LogP contribution in [0.25, 0.3) is 11.1 Å². The molecule has 28 nitrogen and oxygen atoms in total. The lowest BCUT2D eigenvalue weighted by molar-refractivity contribution is -0.155. The van der Waals surface area contributed by atoms with Crippen molar-refractivity contribution in [1.29, 1.82) is 0 Å². The van der Waals surface area contributed by atoms with Crippen molar-refractivity contribution >= 4 is 71.1 Å². The van der Waals surface area contributed by atoms with Gasteiger partial charge in [-0.3, -0.25) is 57.6 Å². The molecule has 0 aliphatic heterocycles. The highest BCUT2D eigenvalue weighted by Crippen LogP contribution is 2.44. The van der Waals surface area contributed by atoms with Crippen molar-refractivity contribution in [3.63, 3.8) is 0 Å². The lowest BCUT2D eigenvalue weighted by Crippen LogP contribution is -2.64. The molecule has 28 heteroatoms. The highest BCUT2D eigenvalue weighted by molar-refractivity contribution is 5.99. The molecule has 0 bridgehead atoms. The van der Waals surface area contributed by atoms with Gasteiger partial charge in [0.25, 0.3) is 0 Å². The Kier molecular flexibility index (Phi) is 36.2. The molecule has 107 heavy (non-hydrogen) atoms. The van der Waals surface area contributed by atoms with Crippen molar-refractivity contribution in [2.24, 2.45) is 35.5 Å². The van der Waals surface area contributed by atoms with Crippen molar-refractivity contribution in [1.82, 2.24) is 56.0 Å². The maximum atomic E-state index is 15.0. The van der Waals surface area contributed by atoms with E-state index >= 15 is 0 Å². The van der Waals surface area contributed by atoms with Gasteiger partial charge >= 0.3 is 12.1 Å². The van der Waals surface area contributed by atoms with E-state index in [0.717, 1.165) is 37.0 Å². The number of carboxylic acids is 1. The standard InChI is InChI=1S/C79H127N11O17/c1-26-27-32-48(12)67(94)66(72(99)84-63(51(15)91)76(103)85(20)41-62(92)93)89(24)77(104)64(47(10)11)88(23)75(102)59(38-44(4)5)82-70(97)61(40-46(8)9)86(21)73(100)50(14)81-68(95)49(13)80-69(96)60(39-45(6)7)87(22)74(101)58(37-43(2)3)83-71(98)65(52(16)107-79(17,18)19)90(25)78(105)106-42-57-55-35-30-28-33-53(55)54-34-29-31-36-56(54)57/h26-31,33-36,43-52,57-61,63-67,91,94H,32,37-42H2,1-25H3,(H,80,96)(H,81,95)(H,82,97)(H,83,98)(H,84,99)(H,92,93)/b27-26+/t48-,49+,50-,51-,52?,58+,59+,60+,61+,63+,64+,65+,66+,67-/m1/s1. The number of amides is 11. The van der Waals surface area contributed by atoms with Crippen molar-refractivity contribution < 1.29 is 82.3 Å². The van der Waals surface area contributed by atoms with Crippen LogP contribution in [-0.2, 0) is 62.2 Å². The summed E-state index contributed by atoms with van der Waals surface area (Å²) in [5, 5.41) is 45.5. The summed E-state index contributed by atoms with van der Waals surface area (Å²) in [6.07, 6.45) is -0.729. The van der Waals surface area contributed by atoms with Gasteiger partial charge in [0.05, 0.1) is 23.9 Å². The number of ether oxygens (including phenoxy) is 2. The lowest BCUT2D eigenvalue weighted by atomic mass is 9.91. The van der Waals surface area contributed by atoms with Crippen LogP contribution in [0.15, 0.2) is 60.7 Å². The van der Waals surface area contributed by atoms with Gasteiger partial charge in [0.15, 0.2) is 0 Å². The molecule has 1 unspecified atom stereocenters. The number of aliphatic carboxylic acids is 1. The maximum absolute atomic E-state index is 15.0. The number of fused-ring (bicyclic) bond motifs is 3. The fourth-order valence-electron chi connectivity index (χ4n) is 13.6. The van der Waals surface area contributed by atoms with Gasteiger partial charge in [0.1, 0.15) is 73.6 Å². The van der Waals surface area contributed by atoms with E-state index in [2.05, 4.69) is 26.6 Å². The number of allylic oxidation sites excluding steroid dienone is 2. The number of carbonyl (C=O) groups is 12. The summed E-state index contributed by atoms with van der Waals surface area (Å²) in [5.41, 5.74) is 3.32. The Balaban J connectivity index is 1.88. The van der Waals surface area contributed by atoms with Gasteiger partial charge in [-0.25, -0.2) is 4.79 Å². The summed E-state index contributed by atoms with van der Waals surface area (Å²) in [7, 11) is 8.05. The number of likely N-dealkylation sites (N-methyl/N-ethyl adjacent to an activating group) is 6. The third-order valence-corrected chi connectivity index (χ3v) is 19.2. The number of hydrogen-bond donors (Lipinski definition) is 8. The second kappa shape index (κ2) is 41.7. The van der Waals surface area contributed by atoms with Crippen molar-refractivity contribution in [2.45, 2.75) is 254 Å². The molecule has 2 aromatic carbocycles. The van der Waals surface area contributed by atoms with Gasteiger partial charge in [-0.2, -0.15) is 0 Å². The highest BCUT2D eigenvalue weighted by atomic mass is 16.6. The largest absolute Gasteiger partial charge is 0.480 e. The first-order chi connectivity index (χ1) is 49.6. The minimum atomic E-state index is -1.73. The van der Waals surface area contributed by atoms with Crippen LogP contribution in [0.4, 0.5) is 4.79 Å². The van der Waals surface area contributed by atoms with Gasteiger partial charge in [-0.15, -0.1) is 0 Å². The van der Waals surface area contributed by atoms with Crippen LogP contribution < -0.4 is 26.6 Å². The summed E-state index contributed by atoms with van der Waals surface area (Å²) in [4.78, 5) is 178. The predicted molar refractivity (Wildman–Crippen MR) is 408 cm³/mol. The Bertz CT molecular complexity index is 3360. The molecule has 0 heterocycles. The third kappa shape index (κ3) is 26.4. The predicted octanol–water partition coefficient (Wildman–Crippen LogP) is 5.94. The number of nitrogens with one attached hydrogen (secondary N) is 5. The Morgan fingerprint density at radius 2 is 0.925 bits per heavy atom. The minimum absolute atomic E-state index is 0.0168. The van der Waals surface area contributed by atoms with E-state index in [-0.39, 0.29) is 68.3 Å². The van der Waals surface area contributed by atoms with Crippen LogP contribution in [0, 0.1) is 35.5 Å². The SMILES string of the molecule is C/C=C/C[C@@H](C)[C@@H](O)[C@@H](C(=O)N[C@H](C(=O)N(C)CC(=O)O)[C@@H](C)O)N(C)C(=O)[C@H](C(C)C)N(C)C(=O)[C@H](CC(C)C)NC(=O)[C@H](CC(C)C)N(C)C(=O)[C@@H](C)NC(=O)[C@H](C)NC(=O)[C@H](CC(C)C)N(C)C(=O)[C@H](CC(C)C)NC(=O)[C@H](C(C)OC(C)(C)C)N(C)C(=O)OCC1c2ccccc2-c2ccccc21. The molecular weight excluding hydrogens is 1370 g/mol. The second-order valence-corrected chi connectivity index (χ2v) is 31.9. The maximum Gasteiger partial charge on any atom is 0.410 e. The number of carbonyl (C=O) groups excluding carboxylic acids is 11. The summed E-state index contributed by atoms with van der Waals surface area (Å²) in [6, 6.07) is 2.25. The van der Waals surface area contributed by atoms with Gasteiger partial charge < -0.3 is 75.9 Å². The van der Waals surface area contributed by atoms with Crippen molar-refractivity contribution in [3.8, 4) is 11.1 Å². The van der Waals surface area contributed by atoms with Crippen LogP contribution in [0.3, 0.4) is 0 Å². The van der Waals surface area contributed by atoms with E-state index in [9.17, 15) is 72.9 Å². The van der Waals surface area contributed by atoms with Gasteiger partial charge in [0.2, 0.25) is 59.1 Å². The smallest absolute Gasteiger partial charge is 0.410 e. The molecule has 14 atom stereocenters. The number of hydrogen-bond acceptors (Lipinski definition) is 16. The van der Waals surface area contributed by atoms with E-state index in [1.54, 1.807) is 46.8 Å². The quantitative estimate of drug-likeness (QED) is 0.0358. The molecule has 1 aliphatic rings. The fourth-order valence-corrected chi connectivity index (χ4v) is 13.6. The van der Waals surface area contributed by atoms with Crippen LogP contribution in [0.5, 0.6) is 0 Å². The summed E-state index contributed by atoms with van der Waals surface area (Å²) in [5.74, 6) is -11.5. The molecule has 11 amide bonds. The van der Waals surface area contributed by atoms with E-state index in [0.29, 0.717) is 0 Å². The lowest BCUT2D eigenvalue weighted by Gasteiger charge is -2.40. The Morgan fingerprint density at radius 1 is 0.495 bits per heavy atom. The van der Waals surface area contributed by atoms with E-state index < -0.39 is 174 Å². The number of benzene rings is 2. The molecule has 0 saturated heterocycles. The van der Waals surface area contributed by atoms with Crippen molar-refractivity contribution in [2.75, 3.05) is 55.4 Å². The first-order valence-electron chi connectivity index (χ1n) is 37.4. The van der Waals surface area contributed by atoms with Gasteiger partial charge in [-0.1, -0.05) is 137 Å². The molecular formula is C79H127N11O17. The molecule has 0 aromatic heterocycles. The van der Waals surface area contributed by atoms with Crippen molar-refractivity contribution in [3.05, 3.63) is 71.8 Å². The summed E-state index contributed by atoms with van der Waals surface area (Å²) in [6.45, 7) is 31.8. The molecule has 3 rings (SSSR count). The average molecular weight is 1500 g/mol. The van der Waals surface area contributed by atoms with Crippen LogP contribution in [0.1, 0.15) is 181 Å². The number of rotatable bonds is 40. The molecule has 1 aliphatic carbocycles. The van der Waals surface area contributed by atoms with E-state index in [1.165, 1.54) is 77.8 Å². The van der Waals surface area contributed by atoms with Crippen LogP contribution >= 0.6 is 0 Å². The molecule has 600 valence electrons. The number of nitrogens with zero attached hydrogens (tertiary/aromatic N) is 6. The van der Waals surface area contributed by atoms with Gasteiger partial charge in [-0.05, 0) is 145 Å². The molecule has 0 radical (unpaired) electrons. The normalized spacial score (nSPS) is 16.2. The van der Waals surface area contributed by atoms with E-state index in [4.69, 9.17) is 9.47 Å². The molecule has 2 aromatic rings. The first-order valence-corrected chi connectivity index (χ1v) is 37.4. The second-order valence-electron chi connectivity index (χ2n) is 31.9. The van der Waals surface area contributed by atoms with E-state index in [1.807, 2.05) is 125 Å². The average Bonchev–Trinajstić information content (AvgIpc) is 0.917. The molecule has 0 fully saturated rings. The Morgan fingerprint density at radius 3 is 1.37 bits per heavy atom. The number of carboxylic acid groups (broad SMARTS) is 1. The third-order valence-electron chi connectivity index (χ3n) is 19.2. The first kappa shape index (κ1) is 92.7. The minimum Gasteiger partial charge on any atom is -0.480 e. The highest BCUT2D eigenvalue weighted by Gasteiger charge is 2.46. The number of aliphatic hydroxyl groups is 2. The topological polar surface area (TPSA) is 364 Å². The zero-order valence-corrected chi connectivity index (χ0v) is 68.0. The van der Waals surface area contributed by atoms with Crippen LogP contribution in [0.2, 0.25) is 0 Å². The molecule has 0 spiro atoms. The van der Waals surface area contributed by atoms with Gasteiger partial charge in [0, 0.05) is 48.2 Å². The zero-order valence-electron chi connectivity index (χ0n) is 68.0. The fraction of sp³-hybridized carbons (Fsp3) is 0.671. The Hall–Kier alpha value is -8.50. The number of aliphatic hydroxyl groups excluding tert-OH is 2. The van der Waals surface area contributed by atoms with Crippen LogP contribution in [-0.4, -0.2) is 256 Å². The Labute approximate surface area is 634 Å². The monoisotopic (exact) mass is 1500 g/mol. The summed E-state index contributed by atoms with van der Waals surface area (Å²) >= 11 is 0.